The van der Waals surface area contributed by atoms with Gasteiger partial charge in [-0.2, -0.15) is 0 Å². The second-order valence-corrected chi connectivity index (χ2v) is 7.23. The first-order valence-electron chi connectivity index (χ1n) is 9.87. The molecule has 1 aliphatic heterocycles. The minimum absolute atomic E-state index is 0.0419. The largest absolute Gasteiger partial charge is 0.383 e. The molecule has 1 aliphatic rings. The molecule has 4 rings (SSSR count). The van der Waals surface area contributed by atoms with Crippen LogP contribution in [0.4, 0.5) is 0 Å². The first kappa shape index (κ1) is 19.3. The number of nitrogens with zero attached hydrogens (tertiary/aromatic N) is 4. The number of pyridine rings is 1. The number of ether oxygens (including phenoxy) is 1. The van der Waals surface area contributed by atoms with Gasteiger partial charge in [0.15, 0.2) is 11.3 Å². The molecule has 1 amide bonds. The predicted octanol–water partition coefficient (Wildman–Crippen LogP) is 2.46. The van der Waals surface area contributed by atoms with Crippen molar-refractivity contribution in [3.05, 3.63) is 70.3 Å². The van der Waals surface area contributed by atoms with Gasteiger partial charge in [0, 0.05) is 26.4 Å². The summed E-state index contributed by atoms with van der Waals surface area (Å²) < 4.78 is 6.60. The summed E-state index contributed by atoms with van der Waals surface area (Å²) in [5.74, 6) is 0.130. The number of hydrogen-bond donors (Lipinski definition) is 0. The number of methoxy groups -OCH3 is 1. The number of carbonyl (C=O) groups excluding carboxylic acids is 1. The van der Waals surface area contributed by atoms with Gasteiger partial charge in [-0.1, -0.05) is 30.3 Å². The van der Waals surface area contributed by atoms with Gasteiger partial charge in [-0.3, -0.25) is 14.2 Å². The number of likely N-dealkylation sites (tertiary alicyclic amines) is 1. The minimum atomic E-state index is -0.413. The van der Waals surface area contributed by atoms with Crippen LogP contribution >= 0.6 is 0 Å². The van der Waals surface area contributed by atoms with E-state index in [0.29, 0.717) is 43.3 Å². The highest BCUT2D eigenvalue weighted by Crippen LogP contribution is 2.28. The van der Waals surface area contributed by atoms with Crippen LogP contribution < -0.4 is 5.56 Å². The van der Waals surface area contributed by atoms with Crippen LogP contribution in [0.3, 0.4) is 0 Å². The lowest BCUT2D eigenvalue weighted by Gasteiger charge is -2.32. The third kappa shape index (κ3) is 3.91. The molecule has 0 radical (unpaired) electrons. The van der Waals surface area contributed by atoms with E-state index in [1.807, 2.05) is 18.2 Å². The van der Waals surface area contributed by atoms with Crippen LogP contribution in [0.15, 0.2) is 53.5 Å². The van der Waals surface area contributed by atoms with Crippen molar-refractivity contribution in [3.63, 3.8) is 0 Å². The number of carbonyl (C=O) groups is 1. The molecule has 2 aromatic heterocycles. The fraction of sp³-hybridized carbons (Fsp3) is 0.364. The Morgan fingerprint density at radius 3 is 2.62 bits per heavy atom. The van der Waals surface area contributed by atoms with E-state index >= 15 is 0 Å². The van der Waals surface area contributed by atoms with Crippen LogP contribution in [0.25, 0.3) is 11.2 Å². The van der Waals surface area contributed by atoms with Gasteiger partial charge in [0.05, 0.1) is 13.2 Å². The van der Waals surface area contributed by atoms with E-state index in [9.17, 15) is 9.59 Å². The lowest BCUT2D eigenvalue weighted by Crippen LogP contribution is -2.42. The molecule has 0 aliphatic carbocycles. The molecule has 7 heteroatoms. The average molecular weight is 392 g/mol. The van der Waals surface area contributed by atoms with Crippen LogP contribution in [0.1, 0.15) is 34.8 Å². The summed E-state index contributed by atoms with van der Waals surface area (Å²) >= 11 is 0. The van der Waals surface area contributed by atoms with Gasteiger partial charge in [-0.25, -0.2) is 9.97 Å². The quantitative estimate of drug-likeness (QED) is 0.667. The summed E-state index contributed by atoms with van der Waals surface area (Å²) in [7, 11) is 1.57. The van der Waals surface area contributed by atoms with Gasteiger partial charge in [0.2, 0.25) is 0 Å². The molecule has 1 fully saturated rings. The lowest BCUT2D eigenvalue weighted by atomic mass is 9.89. The van der Waals surface area contributed by atoms with E-state index in [2.05, 4.69) is 22.1 Å². The molecule has 3 heterocycles. The Hall–Kier alpha value is -3.06. The zero-order valence-corrected chi connectivity index (χ0v) is 16.5. The van der Waals surface area contributed by atoms with E-state index in [-0.39, 0.29) is 11.6 Å². The van der Waals surface area contributed by atoms with Crippen molar-refractivity contribution in [1.29, 1.82) is 0 Å². The van der Waals surface area contributed by atoms with Gasteiger partial charge in [-0.05, 0) is 36.5 Å². The highest BCUT2D eigenvalue weighted by Gasteiger charge is 2.28. The topological polar surface area (TPSA) is 77.3 Å². The zero-order valence-electron chi connectivity index (χ0n) is 16.5. The van der Waals surface area contributed by atoms with Gasteiger partial charge in [0.1, 0.15) is 5.52 Å². The molecule has 3 aromatic rings. The first-order valence-corrected chi connectivity index (χ1v) is 9.87. The predicted molar refractivity (Wildman–Crippen MR) is 110 cm³/mol. The molecule has 150 valence electrons. The van der Waals surface area contributed by atoms with Gasteiger partial charge < -0.3 is 9.64 Å². The lowest BCUT2D eigenvalue weighted by molar-refractivity contribution is 0.0704. The Kier molecular flexibility index (Phi) is 5.67. The van der Waals surface area contributed by atoms with E-state index in [0.717, 1.165) is 12.8 Å². The van der Waals surface area contributed by atoms with Crippen molar-refractivity contribution in [1.82, 2.24) is 19.4 Å². The van der Waals surface area contributed by atoms with Crippen LogP contribution in [0.5, 0.6) is 0 Å². The minimum Gasteiger partial charge on any atom is -0.383 e. The molecule has 0 bridgehead atoms. The maximum atomic E-state index is 13.1. The molecule has 1 saturated heterocycles. The molecule has 7 nitrogen and oxygen atoms in total. The summed E-state index contributed by atoms with van der Waals surface area (Å²) in [5, 5.41) is 0. The molecule has 0 unspecified atom stereocenters. The molecule has 0 N–H and O–H groups in total. The monoisotopic (exact) mass is 392 g/mol. The number of benzene rings is 1. The molecule has 0 atom stereocenters. The summed E-state index contributed by atoms with van der Waals surface area (Å²) in [6, 6.07) is 13.9. The molecule has 29 heavy (non-hydrogen) atoms. The van der Waals surface area contributed by atoms with Crippen LogP contribution in [-0.2, 0) is 11.3 Å². The SMILES string of the molecule is COCCn1c(=O)c(C(=O)N2CCC(c3ccccc3)CC2)nc2cccnc21. The van der Waals surface area contributed by atoms with Crippen molar-refractivity contribution in [3.8, 4) is 0 Å². The van der Waals surface area contributed by atoms with E-state index in [1.54, 1.807) is 30.3 Å². The normalized spacial score (nSPS) is 15.0. The number of fused-ring (bicyclic) bond motifs is 1. The third-order valence-electron chi connectivity index (χ3n) is 5.48. The van der Waals surface area contributed by atoms with E-state index < -0.39 is 5.56 Å². The van der Waals surface area contributed by atoms with E-state index in [4.69, 9.17) is 4.74 Å². The Labute approximate surface area is 169 Å². The Morgan fingerprint density at radius 1 is 1.14 bits per heavy atom. The number of hydrogen-bond acceptors (Lipinski definition) is 5. The summed E-state index contributed by atoms with van der Waals surface area (Å²) in [6.07, 6.45) is 3.37. The van der Waals surface area contributed by atoms with E-state index in [1.165, 1.54) is 10.1 Å². The van der Waals surface area contributed by atoms with Gasteiger partial charge in [0.25, 0.3) is 11.5 Å². The molecule has 1 aromatic carbocycles. The summed E-state index contributed by atoms with van der Waals surface area (Å²) in [6.45, 7) is 1.90. The average Bonchev–Trinajstić information content (AvgIpc) is 2.78. The van der Waals surface area contributed by atoms with Crippen molar-refractivity contribution < 1.29 is 9.53 Å². The first-order chi connectivity index (χ1) is 14.2. The van der Waals surface area contributed by atoms with Crippen molar-refractivity contribution in [2.75, 3.05) is 26.8 Å². The smallest absolute Gasteiger partial charge is 0.283 e. The maximum Gasteiger partial charge on any atom is 0.283 e. The van der Waals surface area contributed by atoms with Crippen molar-refractivity contribution >= 4 is 17.1 Å². The van der Waals surface area contributed by atoms with Crippen molar-refractivity contribution in [2.24, 2.45) is 0 Å². The van der Waals surface area contributed by atoms with Gasteiger partial charge in [-0.15, -0.1) is 0 Å². The van der Waals surface area contributed by atoms with Crippen LogP contribution in [0, 0.1) is 0 Å². The highest BCUT2D eigenvalue weighted by atomic mass is 16.5. The zero-order chi connectivity index (χ0) is 20.2. The Morgan fingerprint density at radius 2 is 1.90 bits per heavy atom. The second-order valence-electron chi connectivity index (χ2n) is 7.23. The highest BCUT2D eigenvalue weighted by molar-refractivity contribution is 5.93. The summed E-state index contributed by atoms with van der Waals surface area (Å²) in [4.78, 5) is 36.5. The van der Waals surface area contributed by atoms with Gasteiger partial charge >= 0.3 is 0 Å². The second kappa shape index (κ2) is 8.53. The summed E-state index contributed by atoms with van der Waals surface area (Å²) in [5.41, 5.74) is 1.85. The fourth-order valence-corrected chi connectivity index (χ4v) is 3.90. The number of aromatic nitrogens is 3. The number of rotatable bonds is 5. The van der Waals surface area contributed by atoms with Crippen molar-refractivity contribution in [2.45, 2.75) is 25.3 Å². The third-order valence-corrected chi connectivity index (χ3v) is 5.48. The standard InChI is InChI=1S/C22H24N4O3/c1-29-15-14-26-20-18(8-5-11-23-20)24-19(22(26)28)21(27)25-12-9-17(10-13-25)16-6-3-2-4-7-16/h2-8,11,17H,9-10,12-15H2,1H3. The number of piperidine rings is 1. The fourth-order valence-electron chi connectivity index (χ4n) is 3.90. The Bertz CT molecular complexity index is 1060. The number of amides is 1. The Balaban J connectivity index is 1.59. The van der Waals surface area contributed by atoms with Crippen LogP contribution in [0.2, 0.25) is 0 Å². The molecule has 0 saturated carbocycles. The molecular formula is C22H24N4O3. The molecule has 0 spiro atoms. The molecular weight excluding hydrogens is 368 g/mol. The van der Waals surface area contributed by atoms with Crippen LogP contribution in [-0.4, -0.2) is 52.1 Å². The maximum absolute atomic E-state index is 13.1.